The zero-order valence-corrected chi connectivity index (χ0v) is 19.8. The molecule has 2 aromatic heterocycles. The fourth-order valence-electron chi connectivity index (χ4n) is 3.38. The molecule has 5 nitrogen and oxygen atoms in total. The summed E-state index contributed by atoms with van der Waals surface area (Å²) in [7, 11) is 0. The molecule has 0 bridgehead atoms. The number of benzene rings is 2. The normalized spacial score (nSPS) is 12.6. The average Bonchev–Trinajstić information content (AvgIpc) is 3.22. The molecule has 2 heterocycles. The first-order valence-electron chi connectivity index (χ1n) is 10.4. The third-order valence-corrected chi connectivity index (χ3v) is 7.28. The van der Waals surface area contributed by atoms with Crippen molar-refractivity contribution < 1.29 is 18.0 Å². The fraction of sp³-hybridized carbons (Fsp3) is 0.208. The minimum Gasteiger partial charge on any atom is -0.325 e. The largest absolute Gasteiger partial charge is 0.416 e. The number of carbonyl (C=O) groups is 1. The summed E-state index contributed by atoms with van der Waals surface area (Å²) in [6, 6.07) is 12.3. The zero-order valence-electron chi connectivity index (χ0n) is 18.2. The monoisotopic (exact) mass is 503 g/mol. The number of hydrogen-bond acceptors (Lipinski definition) is 5. The van der Waals surface area contributed by atoms with Crippen molar-refractivity contribution >= 4 is 44.9 Å². The number of thiophene rings is 1. The maximum atomic E-state index is 13.0. The van der Waals surface area contributed by atoms with E-state index in [4.69, 9.17) is 0 Å². The summed E-state index contributed by atoms with van der Waals surface area (Å²) in [6.07, 6.45) is -4.12. The highest BCUT2D eigenvalue weighted by atomic mass is 32.2. The molecule has 0 fully saturated rings. The number of rotatable bonds is 6. The van der Waals surface area contributed by atoms with Gasteiger partial charge in [-0.15, -0.1) is 11.3 Å². The molecule has 0 spiro atoms. The quantitative estimate of drug-likeness (QED) is 0.233. The van der Waals surface area contributed by atoms with Gasteiger partial charge in [-0.1, -0.05) is 54.6 Å². The van der Waals surface area contributed by atoms with Gasteiger partial charge in [0, 0.05) is 16.6 Å². The molecule has 0 saturated heterocycles. The molecule has 10 heteroatoms. The molecule has 0 aliphatic heterocycles. The number of thioether (sulfide) groups is 1. The fourth-order valence-corrected chi connectivity index (χ4v) is 5.29. The van der Waals surface area contributed by atoms with Gasteiger partial charge in [0.2, 0.25) is 5.91 Å². The lowest BCUT2D eigenvalue weighted by Gasteiger charge is -2.15. The van der Waals surface area contributed by atoms with E-state index in [1.165, 1.54) is 23.5 Å². The molecule has 4 aromatic rings. The molecule has 0 radical (unpaired) electrons. The highest BCUT2D eigenvalue weighted by Crippen LogP contribution is 2.33. The summed E-state index contributed by atoms with van der Waals surface area (Å²) in [5.41, 5.74) is 1.72. The van der Waals surface area contributed by atoms with Gasteiger partial charge in [-0.2, -0.15) is 13.2 Å². The Balaban J connectivity index is 1.55. The van der Waals surface area contributed by atoms with E-state index >= 15 is 0 Å². The Bertz CT molecular complexity index is 1400. The van der Waals surface area contributed by atoms with Crippen molar-refractivity contribution in [2.75, 3.05) is 5.32 Å². The Morgan fingerprint density at radius 2 is 1.94 bits per heavy atom. The van der Waals surface area contributed by atoms with E-state index in [1.54, 1.807) is 6.92 Å². The number of alkyl halides is 3. The number of aromatic amines is 1. The second kappa shape index (κ2) is 9.63. The van der Waals surface area contributed by atoms with E-state index < -0.39 is 22.9 Å². The summed E-state index contributed by atoms with van der Waals surface area (Å²) >= 11 is 2.41. The standard InChI is InChI=1S/C24H20F3N3O2S2/c1-3-18(20(31)28-16-6-4-5-15(11-16)24(25,26)27)34-23-29-21(32)19-17(12-33-22(19)30-23)14-9-7-13(2)8-10-14/h4-12,18H,3H2,1-2H3,(H,28,31)(H,29,30,32). The van der Waals surface area contributed by atoms with Gasteiger partial charge in [-0.3, -0.25) is 9.59 Å². The van der Waals surface area contributed by atoms with Crippen molar-refractivity contribution in [3.05, 3.63) is 75.4 Å². The van der Waals surface area contributed by atoms with E-state index in [0.29, 0.717) is 16.6 Å². The van der Waals surface area contributed by atoms with Gasteiger partial charge >= 0.3 is 6.18 Å². The molecule has 0 aliphatic carbocycles. The second-order valence-electron chi connectivity index (χ2n) is 7.65. The molecule has 176 valence electrons. The van der Waals surface area contributed by atoms with Gasteiger partial charge in [0.1, 0.15) is 4.83 Å². The molecule has 1 amide bonds. The highest BCUT2D eigenvalue weighted by Gasteiger charge is 2.30. The Morgan fingerprint density at radius 3 is 2.62 bits per heavy atom. The first-order chi connectivity index (χ1) is 16.2. The first kappa shape index (κ1) is 24.0. The second-order valence-corrected chi connectivity index (χ2v) is 9.70. The predicted octanol–water partition coefficient (Wildman–Crippen LogP) is 6.49. The van der Waals surface area contributed by atoms with Gasteiger partial charge in [-0.25, -0.2) is 4.98 Å². The number of fused-ring (bicyclic) bond motifs is 1. The van der Waals surface area contributed by atoms with Crippen LogP contribution in [0.15, 0.2) is 63.9 Å². The van der Waals surface area contributed by atoms with Gasteiger partial charge in [-0.05, 0) is 37.1 Å². The first-order valence-corrected chi connectivity index (χ1v) is 12.1. The third-order valence-electron chi connectivity index (χ3n) is 5.16. The van der Waals surface area contributed by atoms with Gasteiger partial charge in [0.05, 0.1) is 16.2 Å². The van der Waals surface area contributed by atoms with Crippen molar-refractivity contribution in [3.8, 4) is 11.1 Å². The topological polar surface area (TPSA) is 74.8 Å². The van der Waals surface area contributed by atoms with Crippen LogP contribution in [0.1, 0.15) is 24.5 Å². The van der Waals surface area contributed by atoms with Crippen LogP contribution in [-0.2, 0) is 11.0 Å². The van der Waals surface area contributed by atoms with Crippen molar-refractivity contribution in [1.29, 1.82) is 0 Å². The molecule has 1 atom stereocenters. The number of nitrogens with one attached hydrogen (secondary N) is 2. The lowest BCUT2D eigenvalue weighted by molar-refractivity contribution is -0.137. The Kier molecular flexibility index (Phi) is 6.81. The lowest BCUT2D eigenvalue weighted by atomic mass is 10.1. The minimum atomic E-state index is -4.50. The van der Waals surface area contributed by atoms with Crippen LogP contribution in [0.2, 0.25) is 0 Å². The van der Waals surface area contributed by atoms with Gasteiger partial charge in [0.15, 0.2) is 5.16 Å². The van der Waals surface area contributed by atoms with Crippen LogP contribution >= 0.6 is 23.1 Å². The van der Waals surface area contributed by atoms with Crippen molar-refractivity contribution in [2.45, 2.75) is 36.9 Å². The van der Waals surface area contributed by atoms with Crippen LogP contribution in [0.4, 0.5) is 18.9 Å². The van der Waals surface area contributed by atoms with Crippen LogP contribution in [0.3, 0.4) is 0 Å². The van der Waals surface area contributed by atoms with Crippen LogP contribution in [0.5, 0.6) is 0 Å². The summed E-state index contributed by atoms with van der Waals surface area (Å²) in [6.45, 7) is 3.77. The molecule has 2 aromatic carbocycles. The lowest BCUT2D eigenvalue weighted by Crippen LogP contribution is -2.25. The van der Waals surface area contributed by atoms with Crippen LogP contribution in [0.25, 0.3) is 21.3 Å². The third kappa shape index (κ3) is 5.18. The van der Waals surface area contributed by atoms with E-state index in [0.717, 1.165) is 40.6 Å². The number of hydrogen-bond donors (Lipinski definition) is 2. The minimum absolute atomic E-state index is 0.0526. The molecule has 2 N–H and O–H groups in total. The number of aromatic nitrogens is 2. The molecular weight excluding hydrogens is 483 g/mol. The van der Waals surface area contributed by atoms with Crippen molar-refractivity contribution in [1.82, 2.24) is 9.97 Å². The Morgan fingerprint density at radius 1 is 1.21 bits per heavy atom. The molecule has 0 aliphatic rings. The van der Waals surface area contributed by atoms with E-state index in [9.17, 15) is 22.8 Å². The predicted molar refractivity (Wildman–Crippen MR) is 130 cm³/mol. The maximum absolute atomic E-state index is 13.0. The number of aryl methyl sites for hydroxylation is 1. The van der Waals surface area contributed by atoms with E-state index in [1.807, 2.05) is 36.6 Å². The molecule has 1 unspecified atom stereocenters. The van der Waals surface area contributed by atoms with Gasteiger partial charge in [0.25, 0.3) is 5.56 Å². The molecule has 34 heavy (non-hydrogen) atoms. The summed E-state index contributed by atoms with van der Waals surface area (Å²) in [5, 5.41) is 4.51. The molecule has 4 rings (SSSR count). The summed E-state index contributed by atoms with van der Waals surface area (Å²) < 4.78 is 38.9. The summed E-state index contributed by atoms with van der Waals surface area (Å²) in [4.78, 5) is 33.4. The number of halogens is 3. The Hall–Kier alpha value is -3.11. The van der Waals surface area contributed by atoms with Crippen molar-refractivity contribution in [3.63, 3.8) is 0 Å². The number of amides is 1. The van der Waals surface area contributed by atoms with Crippen LogP contribution < -0.4 is 10.9 Å². The molecule has 0 saturated carbocycles. The number of anilines is 1. The van der Waals surface area contributed by atoms with Gasteiger partial charge < -0.3 is 10.3 Å². The average molecular weight is 504 g/mol. The van der Waals surface area contributed by atoms with E-state index in [2.05, 4.69) is 15.3 Å². The summed E-state index contributed by atoms with van der Waals surface area (Å²) in [5.74, 6) is -0.471. The number of H-pyrrole nitrogens is 1. The van der Waals surface area contributed by atoms with E-state index in [-0.39, 0.29) is 16.4 Å². The molecular formula is C24H20F3N3O2S2. The number of carbonyl (C=O) groups excluding carboxylic acids is 1. The van der Waals surface area contributed by atoms with Crippen molar-refractivity contribution in [2.24, 2.45) is 0 Å². The van der Waals surface area contributed by atoms with Crippen LogP contribution in [0, 0.1) is 6.92 Å². The number of nitrogens with zero attached hydrogens (tertiary/aromatic N) is 1. The Labute approximate surface area is 201 Å². The SMILES string of the molecule is CCC(Sc1nc2scc(-c3ccc(C)cc3)c2c(=O)[nH]1)C(=O)Nc1cccc(C(F)(F)F)c1. The van der Waals surface area contributed by atoms with Crippen LogP contribution in [-0.4, -0.2) is 21.1 Å². The zero-order chi connectivity index (χ0) is 24.5. The maximum Gasteiger partial charge on any atom is 0.416 e. The highest BCUT2D eigenvalue weighted by molar-refractivity contribution is 8.00. The smallest absolute Gasteiger partial charge is 0.325 e.